The minimum atomic E-state index is -4.30. The zero-order valence-electron chi connectivity index (χ0n) is 17.0. The van der Waals surface area contributed by atoms with E-state index in [4.69, 9.17) is 4.74 Å². The van der Waals surface area contributed by atoms with Crippen molar-refractivity contribution in [2.45, 2.75) is 57.8 Å². The van der Waals surface area contributed by atoms with Crippen molar-refractivity contribution >= 4 is 0 Å². The summed E-state index contributed by atoms with van der Waals surface area (Å²) in [5, 5.41) is 0. The molecule has 4 rings (SSSR count). The smallest absolute Gasteiger partial charge is 0.379 e. The fraction of sp³-hybridized carbons (Fsp3) is 0.565. The highest BCUT2D eigenvalue weighted by atomic mass is 19.4. The van der Waals surface area contributed by atoms with Crippen LogP contribution in [0.1, 0.15) is 55.0 Å². The fourth-order valence-electron chi connectivity index (χ4n) is 4.70. The van der Waals surface area contributed by atoms with Crippen molar-refractivity contribution < 1.29 is 17.9 Å². The van der Waals surface area contributed by atoms with Crippen molar-refractivity contribution in [1.29, 1.82) is 0 Å². The molecule has 2 heterocycles. The number of halogens is 3. The van der Waals surface area contributed by atoms with Crippen LogP contribution in [0.5, 0.6) is 0 Å². The Balaban J connectivity index is 1.69. The molecule has 0 unspecified atom stereocenters. The molecule has 1 aliphatic carbocycles. The third-order valence-electron chi connectivity index (χ3n) is 6.34. The predicted molar refractivity (Wildman–Crippen MR) is 108 cm³/mol. The number of rotatable bonds is 4. The van der Waals surface area contributed by atoms with Crippen molar-refractivity contribution in [1.82, 2.24) is 9.47 Å². The van der Waals surface area contributed by atoms with E-state index in [0.29, 0.717) is 6.04 Å². The predicted octanol–water partition coefficient (Wildman–Crippen LogP) is 5.82. The van der Waals surface area contributed by atoms with Crippen LogP contribution in [0.4, 0.5) is 13.2 Å². The normalized spacial score (nSPS) is 19.6. The number of benzene rings is 1. The molecule has 0 N–H and O–H groups in total. The number of morpholine rings is 1. The van der Waals surface area contributed by atoms with Crippen LogP contribution in [0.2, 0.25) is 0 Å². The van der Waals surface area contributed by atoms with Gasteiger partial charge in [-0.2, -0.15) is 13.2 Å². The first kappa shape index (κ1) is 20.5. The molecule has 1 aromatic carbocycles. The monoisotopic (exact) mass is 406 g/mol. The number of nitrogens with zero attached hydrogens (tertiary/aromatic N) is 2. The third-order valence-corrected chi connectivity index (χ3v) is 6.34. The molecule has 1 aromatic heterocycles. The SMILES string of the molecule is Cc1c(CN2CCOCC2)cc(-c2ccc(C(F)(F)F)cc2)n1C1CCCCC1. The molecule has 0 atom stereocenters. The molecule has 1 saturated carbocycles. The summed E-state index contributed by atoms with van der Waals surface area (Å²) in [7, 11) is 0. The van der Waals surface area contributed by atoms with Gasteiger partial charge in [-0.1, -0.05) is 31.4 Å². The Morgan fingerprint density at radius 3 is 2.28 bits per heavy atom. The first-order valence-electron chi connectivity index (χ1n) is 10.6. The average molecular weight is 406 g/mol. The van der Waals surface area contributed by atoms with Gasteiger partial charge in [0.05, 0.1) is 18.8 Å². The van der Waals surface area contributed by atoms with Crippen molar-refractivity contribution in [3.8, 4) is 11.3 Å². The van der Waals surface area contributed by atoms with Gasteiger partial charge in [0.25, 0.3) is 0 Å². The van der Waals surface area contributed by atoms with Crippen LogP contribution < -0.4 is 0 Å². The average Bonchev–Trinajstić information content (AvgIpc) is 3.05. The summed E-state index contributed by atoms with van der Waals surface area (Å²) in [6, 6.07) is 8.27. The fourth-order valence-corrected chi connectivity index (χ4v) is 4.70. The molecular formula is C23H29F3N2O. The van der Waals surface area contributed by atoms with Crippen LogP contribution in [0.15, 0.2) is 30.3 Å². The maximum atomic E-state index is 13.0. The molecule has 1 aliphatic heterocycles. The van der Waals surface area contributed by atoms with E-state index in [0.717, 1.165) is 56.9 Å². The molecule has 2 aromatic rings. The molecule has 1 saturated heterocycles. The minimum absolute atomic E-state index is 0.430. The number of hydrogen-bond donors (Lipinski definition) is 0. The Hall–Kier alpha value is -1.79. The zero-order chi connectivity index (χ0) is 20.4. The first-order chi connectivity index (χ1) is 13.9. The molecule has 2 aliphatic rings. The number of hydrogen-bond acceptors (Lipinski definition) is 2. The summed E-state index contributed by atoms with van der Waals surface area (Å²) in [6.45, 7) is 6.39. The van der Waals surface area contributed by atoms with Gasteiger partial charge in [-0.25, -0.2) is 0 Å². The van der Waals surface area contributed by atoms with Gasteiger partial charge in [0.2, 0.25) is 0 Å². The lowest BCUT2D eigenvalue weighted by Gasteiger charge is -2.28. The second-order valence-electron chi connectivity index (χ2n) is 8.27. The van der Waals surface area contributed by atoms with Crippen molar-refractivity contribution in [3.63, 3.8) is 0 Å². The summed E-state index contributed by atoms with van der Waals surface area (Å²) < 4.78 is 46.9. The van der Waals surface area contributed by atoms with E-state index < -0.39 is 11.7 Å². The summed E-state index contributed by atoms with van der Waals surface area (Å²) in [6.07, 6.45) is 1.68. The topological polar surface area (TPSA) is 17.4 Å². The van der Waals surface area contributed by atoms with Crippen LogP contribution in [-0.2, 0) is 17.5 Å². The second-order valence-corrected chi connectivity index (χ2v) is 8.27. The molecule has 158 valence electrons. The Morgan fingerprint density at radius 2 is 1.66 bits per heavy atom. The highest BCUT2D eigenvalue weighted by Gasteiger charge is 2.30. The van der Waals surface area contributed by atoms with Crippen molar-refractivity contribution in [2.24, 2.45) is 0 Å². The standard InChI is InChI=1S/C23H29F3N2O/c1-17-19(16-27-11-13-29-14-12-27)15-22(28(17)21-5-3-2-4-6-21)18-7-9-20(10-8-18)23(24,25)26/h7-10,15,21H,2-6,11-14,16H2,1H3. The third kappa shape index (κ3) is 4.53. The van der Waals surface area contributed by atoms with Crippen LogP contribution in [-0.4, -0.2) is 35.8 Å². The van der Waals surface area contributed by atoms with Crippen LogP contribution in [0.3, 0.4) is 0 Å². The van der Waals surface area contributed by atoms with E-state index in [9.17, 15) is 13.2 Å². The zero-order valence-corrected chi connectivity index (χ0v) is 17.0. The summed E-state index contributed by atoms with van der Waals surface area (Å²) in [4.78, 5) is 2.40. The quantitative estimate of drug-likeness (QED) is 0.637. The summed E-state index contributed by atoms with van der Waals surface area (Å²) in [5.41, 5.74) is 3.83. The van der Waals surface area contributed by atoms with E-state index in [2.05, 4.69) is 22.5 Å². The van der Waals surface area contributed by atoms with E-state index in [-0.39, 0.29) is 0 Å². The van der Waals surface area contributed by atoms with Gasteiger partial charge in [-0.15, -0.1) is 0 Å². The van der Waals surface area contributed by atoms with Crippen molar-refractivity contribution in [2.75, 3.05) is 26.3 Å². The lowest BCUT2D eigenvalue weighted by atomic mass is 9.94. The Kier molecular flexibility index (Phi) is 6.02. The highest BCUT2D eigenvalue weighted by molar-refractivity contribution is 5.63. The molecular weight excluding hydrogens is 377 g/mol. The van der Waals surface area contributed by atoms with E-state index >= 15 is 0 Å². The maximum absolute atomic E-state index is 13.0. The molecule has 0 radical (unpaired) electrons. The molecule has 0 spiro atoms. The highest BCUT2D eigenvalue weighted by Crippen LogP contribution is 2.38. The molecule has 29 heavy (non-hydrogen) atoms. The lowest BCUT2D eigenvalue weighted by Crippen LogP contribution is -2.35. The molecule has 0 bridgehead atoms. The van der Waals surface area contributed by atoms with E-state index in [1.807, 2.05) is 0 Å². The molecule has 2 fully saturated rings. The van der Waals surface area contributed by atoms with Gasteiger partial charge in [0.1, 0.15) is 0 Å². The van der Waals surface area contributed by atoms with Crippen LogP contribution in [0.25, 0.3) is 11.3 Å². The largest absolute Gasteiger partial charge is 0.416 e. The summed E-state index contributed by atoms with van der Waals surface area (Å²) >= 11 is 0. The van der Waals surface area contributed by atoms with Gasteiger partial charge in [-0.3, -0.25) is 4.90 Å². The van der Waals surface area contributed by atoms with Crippen LogP contribution in [0, 0.1) is 6.92 Å². The second kappa shape index (κ2) is 8.52. The Bertz CT molecular complexity index is 814. The van der Waals surface area contributed by atoms with E-state index in [1.165, 1.54) is 42.7 Å². The maximum Gasteiger partial charge on any atom is 0.416 e. The van der Waals surface area contributed by atoms with Gasteiger partial charge in [0.15, 0.2) is 0 Å². The van der Waals surface area contributed by atoms with Gasteiger partial charge in [0, 0.05) is 37.1 Å². The van der Waals surface area contributed by atoms with Gasteiger partial charge < -0.3 is 9.30 Å². The number of alkyl halides is 3. The molecule has 6 heteroatoms. The Morgan fingerprint density at radius 1 is 1.00 bits per heavy atom. The Labute approximate surface area is 170 Å². The summed E-state index contributed by atoms with van der Waals surface area (Å²) in [5.74, 6) is 0. The van der Waals surface area contributed by atoms with Crippen molar-refractivity contribution in [3.05, 3.63) is 47.2 Å². The van der Waals surface area contributed by atoms with E-state index in [1.54, 1.807) is 12.1 Å². The molecule has 3 nitrogen and oxygen atoms in total. The first-order valence-corrected chi connectivity index (χ1v) is 10.6. The number of ether oxygens (including phenoxy) is 1. The minimum Gasteiger partial charge on any atom is -0.379 e. The lowest BCUT2D eigenvalue weighted by molar-refractivity contribution is -0.137. The van der Waals surface area contributed by atoms with Gasteiger partial charge in [-0.05, 0) is 49.1 Å². The van der Waals surface area contributed by atoms with Gasteiger partial charge >= 0.3 is 6.18 Å². The van der Waals surface area contributed by atoms with Crippen LogP contribution >= 0.6 is 0 Å². The molecule has 0 amide bonds. The number of aromatic nitrogens is 1.